The van der Waals surface area contributed by atoms with Crippen molar-refractivity contribution in [3.8, 4) is 0 Å². The molecule has 3 heterocycles. The molecule has 1 unspecified atom stereocenters. The Labute approximate surface area is 157 Å². The number of amides is 2. The number of benzene rings is 1. The summed E-state index contributed by atoms with van der Waals surface area (Å²) in [5.41, 5.74) is 0.864. The highest BCUT2D eigenvalue weighted by Crippen LogP contribution is 2.32. The quantitative estimate of drug-likeness (QED) is 0.813. The van der Waals surface area contributed by atoms with Gasteiger partial charge in [-0.1, -0.05) is 23.4 Å². The van der Waals surface area contributed by atoms with E-state index in [4.69, 9.17) is 9.26 Å². The molecule has 0 aliphatic carbocycles. The SMILES string of the molecule is Cc1nocc1C(=O)N1CCOC2(CCCCN(c3ccccc3)C2=O)C1. The smallest absolute Gasteiger partial charge is 0.261 e. The van der Waals surface area contributed by atoms with Gasteiger partial charge >= 0.3 is 0 Å². The Hall–Kier alpha value is -2.67. The molecule has 142 valence electrons. The molecule has 7 nitrogen and oxygen atoms in total. The first-order valence-corrected chi connectivity index (χ1v) is 9.32. The molecule has 2 aromatic rings. The second-order valence-corrected chi connectivity index (χ2v) is 7.13. The molecule has 0 bridgehead atoms. The second kappa shape index (κ2) is 7.15. The molecule has 0 saturated carbocycles. The zero-order valence-electron chi connectivity index (χ0n) is 15.4. The van der Waals surface area contributed by atoms with Crippen LogP contribution in [0.2, 0.25) is 0 Å². The van der Waals surface area contributed by atoms with Crippen LogP contribution < -0.4 is 4.90 Å². The molecule has 27 heavy (non-hydrogen) atoms. The van der Waals surface area contributed by atoms with E-state index in [-0.39, 0.29) is 18.4 Å². The van der Waals surface area contributed by atoms with Crippen molar-refractivity contribution in [2.75, 3.05) is 31.1 Å². The topological polar surface area (TPSA) is 75.9 Å². The molecule has 7 heteroatoms. The lowest BCUT2D eigenvalue weighted by molar-refractivity contribution is -0.155. The van der Waals surface area contributed by atoms with Gasteiger partial charge in [0.1, 0.15) is 11.8 Å². The first-order valence-electron chi connectivity index (χ1n) is 9.32. The number of rotatable bonds is 2. The first kappa shape index (κ1) is 17.7. The third-order valence-electron chi connectivity index (χ3n) is 5.37. The summed E-state index contributed by atoms with van der Waals surface area (Å²) >= 11 is 0. The third-order valence-corrected chi connectivity index (χ3v) is 5.37. The lowest BCUT2D eigenvalue weighted by Crippen LogP contribution is -2.61. The van der Waals surface area contributed by atoms with Crippen molar-refractivity contribution in [3.05, 3.63) is 47.9 Å². The molecule has 4 rings (SSSR count). The van der Waals surface area contributed by atoms with Gasteiger partial charge in [-0.2, -0.15) is 0 Å². The summed E-state index contributed by atoms with van der Waals surface area (Å²) in [5.74, 6) is -0.231. The van der Waals surface area contributed by atoms with Crippen molar-refractivity contribution in [2.24, 2.45) is 0 Å². The number of hydrogen-bond donors (Lipinski definition) is 0. The monoisotopic (exact) mass is 369 g/mol. The fraction of sp³-hybridized carbons (Fsp3) is 0.450. The molecule has 1 atom stereocenters. The fourth-order valence-electron chi connectivity index (χ4n) is 3.90. The Morgan fingerprint density at radius 3 is 2.74 bits per heavy atom. The van der Waals surface area contributed by atoms with Gasteiger partial charge in [-0.15, -0.1) is 0 Å². The molecule has 1 aromatic carbocycles. The van der Waals surface area contributed by atoms with Crippen LogP contribution in [0.3, 0.4) is 0 Å². The molecule has 0 radical (unpaired) electrons. The lowest BCUT2D eigenvalue weighted by Gasteiger charge is -2.42. The zero-order valence-corrected chi connectivity index (χ0v) is 15.4. The van der Waals surface area contributed by atoms with Crippen LogP contribution >= 0.6 is 0 Å². The Morgan fingerprint density at radius 1 is 1.19 bits per heavy atom. The highest BCUT2D eigenvalue weighted by molar-refractivity contribution is 6.01. The number of morpholine rings is 1. The lowest BCUT2D eigenvalue weighted by atomic mass is 9.93. The number of para-hydroxylation sites is 1. The summed E-state index contributed by atoms with van der Waals surface area (Å²) in [6, 6.07) is 9.64. The van der Waals surface area contributed by atoms with Gasteiger partial charge in [0.15, 0.2) is 5.60 Å². The zero-order chi connectivity index (χ0) is 18.9. The maximum Gasteiger partial charge on any atom is 0.261 e. The van der Waals surface area contributed by atoms with E-state index in [0.29, 0.717) is 37.4 Å². The maximum atomic E-state index is 13.5. The largest absolute Gasteiger partial charge is 0.364 e. The molecule has 2 aliphatic heterocycles. The molecule has 2 aliphatic rings. The summed E-state index contributed by atoms with van der Waals surface area (Å²) in [4.78, 5) is 29.9. The molecule has 0 N–H and O–H groups in total. The summed E-state index contributed by atoms with van der Waals surface area (Å²) in [5, 5.41) is 3.79. The Morgan fingerprint density at radius 2 is 2.00 bits per heavy atom. The standard InChI is InChI=1S/C20H23N3O4/c1-15-17(13-27-21-15)18(24)22-11-12-26-20(14-22)9-5-6-10-23(19(20)25)16-7-3-2-4-8-16/h2-4,7-8,13H,5-6,9-12,14H2,1H3. The molecule has 2 saturated heterocycles. The van der Waals surface area contributed by atoms with Crippen LogP contribution in [0.1, 0.15) is 35.3 Å². The average Bonchev–Trinajstić information content (AvgIpc) is 3.07. The molecule has 1 spiro atoms. The molecule has 1 aromatic heterocycles. The highest BCUT2D eigenvalue weighted by Gasteiger charge is 2.48. The van der Waals surface area contributed by atoms with E-state index in [1.165, 1.54) is 6.26 Å². The minimum Gasteiger partial charge on any atom is -0.364 e. The van der Waals surface area contributed by atoms with Crippen LogP contribution in [0.4, 0.5) is 5.69 Å². The van der Waals surface area contributed by atoms with E-state index in [9.17, 15) is 9.59 Å². The minimum absolute atomic E-state index is 0.0641. The van der Waals surface area contributed by atoms with Crippen LogP contribution in [0.15, 0.2) is 41.1 Å². The van der Waals surface area contributed by atoms with E-state index in [2.05, 4.69) is 5.16 Å². The minimum atomic E-state index is -0.995. The number of anilines is 1. The molecular weight excluding hydrogens is 346 g/mol. The second-order valence-electron chi connectivity index (χ2n) is 7.13. The van der Waals surface area contributed by atoms with Crippen LogP contribution in [-0.4, -0.2) is 53.7 Å². The van der Waals surface area contributed by atoms with Gasteiger partial charge in [0, 0.05) is 18.8 Å². The number of hydrogen-bond acceptors (Lipinski definition) is 5. The van der Waals surface area contributed by atoms with Crippen molar-refractivity contribution in [1.82, 2.24) is 10.1 Å². The van der Waals surface area contributed by atoms with Crippen molar-refractivity contribution in [2.45, 2.75) is 31.8 Å². The molecule has 2 fully saturated rings. The van der Waals surface area contributed by atoms with Crippen LogP contribution in [0.25, 0.3) is 0 Å². The van der Waals surface area contributed by atoms with Crippen LogP contribution in [-0.2, 0) is 9.53 Å². The van der Waals surface area contributed by atoms with Gasteiger partial charge in [0.05, 0.1) is 18.8 Å². The normalized spacial score (nSPS) is 23.5. The summed E-state index contributed by atoms with van der Waals surface area (Å²) < 4.78 is 11.0. The van der Waals surface area contributed by atoms with E-state index < -0.39 is 5.60 Å². The van der Waals surface area contributed by atoms with Crippen LogP contribution in [0.5, 0.6) is 0 Å². The Kier molecular flexibility index (Phi) is 4.70. The Bertz CT molecular complexity index is 835. The van der Waals surface area contributed by atoms with Crippen molar-refractivity contribution < 1.29 is 18.8 Å². The molecule has 2 amide bonds. The summed E-state index contributed by atoms with van der Waals surface area (Å²) in [6.45, 7) is 3.43. The number of aromatic nitrogens is 1. The van der Waals surface area contributed by atoms with E-state index >= 15 is 0 Å². The van der Waals surface area contributed by atoms with E-state index in [1.54, 1.807) is 16.7 Å². The van der Waals surface area contributed by atoms with Gasteiger partial charge in [-0.05, 0) is 38.3 Å². The number of carbonyl (C=O) groups is 2. The van der Waals surface area contributed by atoms with Gasteiger partial charge in [0.2, 0.25) is 0 Å². The van der Waals surface area contributed by atoms with Crippen molar-refractivity contribution >= 4 is 17.5 Å². The number of nitrogens with zero attached hydrogens (tertiary/aromatic N) is 3. The van der Waals surface area contributed by atoms with Crippen molar-refractivity contribution in [1.29, 1.82) is 0 Å². The highest BCUT2D eigenvalue weighted by atomic mass is 16.5. The first-order chi connectivity index (χ1) is 13.1. The molecular formula is C20H23N3O4. The third kappa shape index (κ3) is 3.23. The number of ether oxygens (including phenoxy) is 1. The average molecular weight is 369 g/mol. The maximum absolute atomic E-state index is 13.5. The van der Waals surface area contributed by atoms with Crippen molar-refractivity contribution in [3.63, 3.8) is 0 Å². The number of carbonyl (C=O) groups excluding carboxylic acids is 2. The van der Waals surface area contributed by atoms with Gasteiger partial charge in [-0.3, -0.25) is 9.59 Å². The Balaban J connectivity index is 1.61. The van der Waals surface area contributed by atoms with Gasteiger partial charge < -0.3 is 19.1 Å². The fourth-order valence-corrected chi connectivity index (χ4v) is 3.90. The van der Waals surface area contributed by atoms with Crippen LogP contribution in [0, 0.1) is 6.92 Å². The summed E-state index contributed by atoms with van der Waals surface area (Å²) in [6.07, 6.45) is 3.76. The van der Waals surface area contributed by atoms with E-state index in [0.717, 1.165) is 18.5 Å². The van der Waals surface area contributed by atoms with Gasteiger partial charge in [-0.25, -0.2) is 0 Å². The number of aryl methyl sites for hydroxylation is 1. The van der Waals surface area contributed by atoms with E-state index in [1.807, 2.05) is 30.3 Å². The predicted octanol–water partition coefficient (Wildman–Crippen LogP) is 2.41. The summed E-state index contributed by atoms with van der Waals surface area (Å²) in [7, 11) is 0. The van der Waals surface area contributed by atoms with Gasteiger partial charge in [0.25, 0.3) is 11.8 Å². The predicted molar refractivity (Wildman–Crippen MR) is 98.5 cm³/mol.